The van der Waals surface area contributed by atoms with Gasteiger partial charge in [0.15, 0.2) is 0 Å². The summed E-state index contributed by atoms with van der Waals surface area (Å²) in [4.78, 5) is 26.9. The molecular formula is C23H32N4O3S. The van der Waals surface area contributed by atoms with Gasteiger partial charge in [0.1, 0.15) is 22.7 Å². The number of nitrogens with zero attached hydrogens (tertiary/aromatic N) is 3. The zero-order chi connectivity index (χ0) is 22.3. The molecule has 0 aliphatic heterocycles. The van der Waals surface area contributed by atoms with Gasteiger partial charge in [-0.1, -0.05) is 34.1 Å². The quantitative estimate of drug-likeness (QED) is 0.609. The molecule has 2 atom stereocenters. The summed E-state index contributed by atoms with van der Waals surface area (Å²) in [5.41, 5.74) is 0.169. The Morgan fingerprint density at radius 1 is 1.39 bits per heavy atom. The van der Waals surface area contributed by atoms with Crippen LogP contribution in [0.2, 0.25) is 0 Å². The smallest absolute Gasteiger partial charge is 0.291 e. The average molecular weight is 445 g/mol. The Labute approximate surface area is 186 Å². The van der Waals surface area contributed by atoms with Gasteiger partial charge < -0.3 is 10.4 Å². The first-order valence-corrected chi connectivity index (χ1v) is 12.0. The van der Waals surface area contributed by atoms with Crippen LogP contribution in [-0.4, -0.2) is 37.8 Å². The molecule has 1 saturated carbocycles. The first kappa shape index (κ1) is 22.0. The highest BCUT2D eigenvalue weighted by Crippen LogP contribution is 2.38. The van der Waals surface area contributed by atoms with Gasteiger partial charge in [0.05, 0.1) is 0 Å². The fourth-order valence-electron chi connectivity index (χ4n) is 4.70. The fourth-order valence-corrected chi connectivity index (χ4v) is 5.61. The molecule has 3 heterocycles. The minimum atomic E-state index is -0.245. The van der Waals surface area contributed by atoms with Crippen LogP contribution in [0.3, 0.4) is 0 Å². The standard InChI is InChI=1S/C23H32N4O3S/c1-14(2)20-25-26(21(30)18-10-15-8-9-31-22(15)27(18)20)12-19(29)24-17-7-5-6-16(11-17)23(3,4)13-28/h8-10,14,16-17,28H,5-7,11-13H2,1-4H3,(H,24,29)/t16?,17-/m1/s1. The van der Waals surface area contributed by atoms with Crippen molar-refractivity contribution in [3.63, 3.8) is 0 Å². The summed E-state index contributed by atoms with van der Waals surface area (Å²) in [6.07, 6.45) is 3.88. The SMILES string of the molecule is CC(C)c1nn(CC(=O)N[C@@H]2CCCC(C(C)(C)CO)C2)c(=O)c2cc3ccsc3n12. The first-order chi connectivity index (χ1) is 14.7. The van der Waals surface area contributed by atoms with E-state index in [1.807, 2.05) is 35.8 Å². The Balaban J connectivity index is 1.56. The van der Waals surface area contributed by atoms with Crippen molar-refractivity contribution in [1.29, 1.82) is 0 Å². The number of fused-ring (bicyclic) bond motifs is 3. The maximum absolute atomic E-state index is 13.1. The number of rotatable bonds is 6. The normalized spacial score (nSPS) is 20.1. The van der Waals surface area contributed by atoms with E-state index in [-0.39, 0.29) is 42.0 Å². The number of aliphatic hydroxyl groups excluding tert-OH is 1. The molecule has 1 aliphatic carbocycles. The lowest BCUT2D eigenvalue weighted by atomic mass is 9.70. The van der Waals surface area contributed by atoms with Crippen molar-refractivity contribution in [2.24, 2.45) is 11.3 Å². The number of aliphatic hydroxyl groups is 1. The van der Waals surface area contributed by atoms with Crippen molar-refractivity contribution >= 4 is 33.0 Å². The number of carbonyl (C=O) groups excluding carboxylic acids is 1. The van der Waals surface area contributed by atoms with Crippen LogP contribution in [0.5, 0.6) is 0 Å². The lowest BCUT2D eigenvalue weighted by molar-refractivity contribution is -0.123. The summed E-state index contributed by atoms with van der Waals surface area (Å²) in [6.45, 7) is 8.30. The number of thiophene rings is 1. The Morgan fingerprint density at radius 2 is 2.16 bits per heavy atom. The van der Waals surface area contributed by atoms with E-state index in [0.717, 1.165) is 41.7 Å². The van der Waals surface area contributed by atoms with Gasteiger partial charge in [0.2, 0.25) is 5.91 Å². The van der Waals surface area contributed by atoms with Gasteiger partial charge in [-0.05, 0) is 48.1 Å². The molecule has 168 valence electrons. The molecule has 31 heavy (non-hydrogen) atoms. The van der Waals surface area contributed by atoms with Gasteiger partial charge in [0, 0.05) is 24.0 Å². The van der Waals surface area contributed by atoms with E-state index in [9.17, 15) is 14.7 Å². The molecule has 1 fully saturated rings. The van der Waals surface area contributed by atoms with Crippen molar-refractivity contribution in [2.45, 2.75) is 71.9 Å². The number of hydrogen-bond donors (Lipinski definition) is 2. The zero-order valence-corrected chi connectivity index (χ0v) is 19.5. The second-order valence-electron chi connectivity index (χ2n) is 9.80. The molecule has 7 nitrogen and oxygen atoms in total. The van der Waals surface area contributed by atoms with E-state index < -0.39 is 0 Å². The molecule has 1 aliphatic rings. The molecule has 0 radical (unpaired) electrons. The molecule has 0 spiro atoms. The Kier molecular flexibility index (Phi) is 5.96. The monoisotopic (exact) mass is 444 g/mol. The molecule has 3 aromatic rings. The van der Waals surface area contributed by atoms with E-state index in [0.29, 0.717) is 11.4 Å². The highest BCUT2D eigenvalue weighted by Gasteiger charge is 2.34. The third-order valence-electron chi connectivity index (χ3n) is 6.68. The van der Waals surface area contributed by atoms with E-state index in [1.165, 1.54) is 4.68 Å². The lowest BCUT2D eigenvalue weighted by Crippen LogP contribution is -2.44. The lowest BCUT2D eigenvalue weighted by Gasteiger charge is -2.39. The van der Waals surface area contributed by atoms with Gasteiger partial charge in [-0.3, -0.25) is 14.0 Å². The fraction of sp³-hybridized carbons (Fsp3) is 0.609. The molecule has 1 amide bonds. The molecule has 0 saturated heterocycles. The predicted molar refractivity (Wildman–Crippen MR) is 124 cm³/mol. The maximum atomic E-state index is 13.1. The van der Waals surface area contributed by atoms with Crippen LogP contribution in [0.15, 0.2) is 22.3 Å². The topological polar surface area (TPSA) is 88.6 Å². The largest absolute Gasteiger partial charge is 0.396 e. The number of aromatic nitrogens is 3. The van der Waals surface area contributed by atoms with Crippen molar-refractivity contribution in [3.05, 3.63) is 33.7 Å². The van der Waals surface area contributed by atoms with Gasteiger partial charge in [0.25, 0.3) is 5.56 Å². The average Bonchev–Trinajstić information content (AvgIpc) is 3.32. The predicted octanol–water partition coefficient (Wildman–Crippen LogP) is 3.53. The van der Waals surface area contributed by atoms with Crippen LogP contribution in [0.4, 0.5) is 0 Å². The van der Waals surface area contributed by atoms with Gasteiger partial charge >= 0.3 is 0 Å². The Bertz CT molecular complexity index is 1160. The van der Waals surface area contributed by atoms with E-state index in [1.54, 1.807) is 11.3 Å². The highest BCUT2D eigenvalue weighted by atomic mass is 32.1. The maximum Gasteiger partial charge on any atom is 0.291 e. The highest BCUT2D eigenvalue weighted by molar-refractivity contribution is 7.16. The number of carbonyl (C=O) groups is 1. The second kappa shape index (κ2) is 8.39. The number of hydrogen-bond acceptors (Lipinski definition) is 5. The summed E-state index contributed by atoms with van der Waals surface area (Å²) >= 11 is 1.59. The zero-order valence-electron chi connectivity index (χ0n) is 18.7. The molecule has 4 rings (SSSR count). The van der Waals surface area contributed by atoms with Crippen LogP contribution in [0.25, 0.3) is 15.7 Å². The van der Waals surface area contributed by atoms with E-state index in [2.05, 4.69) is 24.3 Å². The van der Waals surface area contributed by atoms with Crippen LogP contribution in [-0.2, 0) is 11.3 Å². The molecule has 1 unspecified atom stereocenters. The van der Waals surface area contributed by atoms with Crippen LogP contribution in [0.1, 0.15) is 65.1 Å². The minimum absolute atomic E-state index is 0.0692. The Hall–Kier alpha value is -2.19. The van der Waals surface area contributed by atoms with Crippen molar-refractivity contribution < 1.29 is 9.90 Å². The molecular weight excluding hydrogens is 412 g/mol. The molecule has 2 N–H and O–H groups in total. The minimum Gasteiger partial charge on any atom is -0.396 e. The number of amides is 1. The van der Waals surface area contributed by atoms with Gasteiger partial charge in [-0.15, -0.1) is 11.3 Å². The third-order valence-corrected chi connectivity index (χ3v) is 7.59. The van der Waals surface area contributed by atoms with Crippen molar-refractivity contribution in [1.82, 2.24) is 19.5 Å². The van der Waals surface area contributed by atoms with Crippen molar-refractivity contribution in [3.8, 4) is 0 Å². The van der Waals surface area contributed by atoms with Crippen LogP contribution in [0, 0.1) is 11.3 Å². The van der Waals surface area contributed by atoms with Crippen molar-refractivity contribution in [2.75, 3.05) is 6.61 Å². The van der Waals surface area contributed by atoms with E-state index >= 15 is 0 Å². The summed E-state index contributed by atoms with van der Waals surface area (Å²) < 4.78 is 3.24. The molecule has 8 heteroatoms. The van der Waals surface area contributed by atoms with Crippen LogP contribution < -0.4 is 10.9 Å². The van der Waals surface area contributed by atoms with Gasteiger partial charge in [-0.2, -0.15) is 5.10 Å². The third kappa shape index (κ3) is 4.15. The summed E-state index contributed by atoms with van der Waals surface area (Å²) in [6, 6.07) is 3.96. The second-order valence-corrected chi connectivity index (χ2v) is 10.7. The van der Waals surface area contributed by atoms with Gasteiger partial charge in [-0.25, -0.2) is 4.68 Å². The molecule has 3 aromatic heterocycles. The summed E-state index contributed by atoms with van der Waals surface area (Å²) in [7, 11) is 0. The first-order valence-electron chi connectivity index (χ1n) is 11.1. The van der Waals surface area contributed by atoms with E-state index in [4.69, 9.17) is 0 Å². The summed E-state index contributed by atoms with van der Waals surface area (Å²) in [5.74, 6) is 1.07. The molecule has 0 aromatic carbocycles. The number of nitrogens with one attached hydrogen (secondary N) is 1. The van der Waals surface area contributed by atoms with Crippen LogP contribution >= 0.6 is 11.3 Å². The molecule has 0 bridgehead atoms. The summed E-state index contributed by atoms with van der Waals surface area (Å²) in [5, 5.41) is 20.4. The Morgan fingerprint density at radius 3 is 2.87 bits per heavy atom.